The van der Waals surface area contributed by atoms with E-state index in [4.69, 9.17) is 5.73 Å². The van der Waals surface area contributed by atoms with E-state index in [0.29, 0.717) is 11.6 Å². The molecule has 1 atom stereocenters. The maximum absolute atomic E-state index is 12.8. The lowest BCUT2D eigenvalue weighted by Crippen LogP contribution is -2.30. The van der Waals surface area contributed by atoms with Gasteiger partial charge >= 0.3 is 0 Å². The lowest BCUT2D eigenvalue weighted by molar-refractivity contribution is 0.410. The van der Waals surface area contributed by atoms with Gasteiger partial charge in [0.2, 0.25) is 0 Å². The van der Waals surface area contributed by atoms with E-state index in [9.17, 15) is 4.39 Å². The maximum atomic E-state index is 12.8. The smallest absolute Gasteiger partial charge is 0.125 e. The predicted molar refractivity (Wildman–Crippen MR) is 67.1 cm³/mol. The van der Waals surface area contributed by atoms with Crippen LogP contribution in [0.2, 0.25) is 0 Å². The molecule has 0 bridgehead atoms. The first-order chi connectivity index (χ1) is 7.75. The topological polar surface area (TPSA) is 38.0 Å². The molecular weight excluding hydrogens is 223 g/mol. The standard InChI is InChI=1S/C12H17FN2S/c13-10-3-4-12(11(14)6-10)16-8-9-2-1-5-15-7-9/h3-4,6,9,15H,1-2,5,7-8,14H2. The number of thioether (sulfide) groups is 1. The first kappa shape index (κ1) is 11.7. The van der Waals surface area contributed by atoms with Crippen molar-refractivity contribution in [2.75, 3.05) is 24.6 Å². The number of halogens is 1. The monoisotopic (exact) mass is 240 g/mol. The number of nitrogens with two attached hydrogens (primary N) is 1. The molecule has 0 amide bonds. The van der Waals surface area contributed by atoms with Crippen LogP contribution in [0, 0.1) is 11.7 Å². The summed E-state index contributed by atoms with van der Waals surface area (Å²) < 4.78 is 12.8. The maximum Gasteiger partial charge on any atom is 0.125 e. The van der Waals surface area contributed by atoms with Crippen molar-refractivity contribution < 1.29 is 4.39 Å². The van der Waals surface area contributed by atoms with Crippen LogP contribution in [0.4, 0.5) is 10.1 Å². The van der Waals surface area contributed by atoms with Crippen LogP contribution in [0.1, 0.15) is 12.8 Å². The van der Waals surface area contributed by atoms with Gasteiger partial charge in [0.05, 0.1) is 0 Å². The molecule has 3 N–H and O–H groups in total. The molecule has 1 heterocycles. The first-order valence-electron chi connectivity index (χ1n) is 5.64. The SMILES string of the molecule is Nc1cc(F)ccc1SCC1CCCNC1. The van der Waals surface area contributed by atoms with Crippen LogP contribution >= 0.6 is 11.8 Å². The Bertz CT molecular complexity index is 351. The summed E-state index contributed by atoms with van der Waals surface area (Å²) in [7, 11) is 0. The van der Waals surface area contributed by atoms with E-state index in [2.05, 4.69) is 5.32 Å². The van der Waals surface area contributed by atoms with Crippen LogP contribution in [0.25, 0.3) is 0 Å². The third-order valence-electron chi connectivity index (χ3n) is 2.85. The number of piperidine rings is 1. The van der Waals surface area contributed by atoms with Gasteiger partial charge in [-0.25, -0.2) is 4.39 Å². The van der Waals surface area contributed by atoms with E-state index < -0.39 is 0 Å². The normalized spacial score (nSPS) is 20.9. The molecule has 1 aliphatic rings. The van der Waals surface area contributed by atoms with Gasteiger partial charge in [-0.3, -0.25) is 0 Å². The van der Waals surface area contributed by atoms with Crippen molar-refractivity contribution in [3.8, 4) is 0 Å². The molecule has 0 aromatic heterocycles. The average Bonchev–Trinajstić information content (AvgIpc) is 2.29. The van der Waals surface area contributed by atoms with Crippen molar-refractivity contribution in [3.05, 3.63) is 24.0 Å². The average molecular weight is 240 g/mol. The molecular formula is C12H17FN2S. The molecule has 16 heavy (non-hydrogen) atoms. The Kier molecular flexibility index (Phi) is 4.07. The Morgan fingerprint density at radius 2 is 2.38 bits per heavy atom. The molecule has 0 radical (unpaired) electrons. The fraction of sp³-hybridized carbons (Fsp3) is 0.500. The Morgan fingerprint density at radius 3 is 3.06 bits per heavy atom. The van der Waals surface area contributed by atoms with Crippen molar-refractivity contribution in [1.82, 2.24) is 5.32 Å². The van der Waals surface area contributed by atoms with Gasteiger partial charge in [-0.05, 0) is 50.0 Å². The van der Waals surface area contributed by atoms with Gasteiger partial charge in [0.25, 0.3) is 0 Å². The minimum atomic E-state index is -0.263. The number of nitrogen functional groups attached to an aromatic ring is 1. The largest absolute Gasteiger partial charge is 0.398 e. The summed E-state index contributed by atoms with van der Waals surface area (Å²) in [5, 5.41) is 3.39. The van der Waals surface area contributed by atoms with Crippen LogP contribution in [-0.2, 0) is 0 Å². The third kappa shape index (κ3) is 3.12. The molecule has 1 saturated heterocycles. The summed E-state index contributed by atoms with van der Waals surface area (Å²) in [5.41, 5.74) is 6.31. The summed E-state index contributed by atoms with van der Waals surface area (Å²) in [5.74, 6) is 1.51. The molecule has 1 aromatic carbocycles. The quantitative estimate of drug-likeness (QED) is 0.630. The second kappa shape index (κ2) is 5.55. The molecule has 1 fully saturated rings. The molecule has 88 valence electrons. The fourth-order valence-electron chi connectivity index (χ4n) is 1.92. The summed E-state index contributed by atoms with van der Waals surface area (Å²) >= 11 is 1.73. The van der Waals surface area contributed by atoms with Gasteiger partial charge in [-0.2, -0.15) is 0 Å². The molecule has 0 saturated carbocycles. The summed E-state index contributed by atoms with van der Waals surface area (Å²) in [6.07, 6.45) is 2.53. The molecule has 0 aliphatic carbocycles. The second-order valence-corrected chi connectivity index (χ2v) is 5.27. The zero-order valence-corrected chi connectivity index (χ0v) is 10.0. The van der Waals surface area contributed by atoms with Gasteiger partial charge in [-0.1, -0.05) is 0 Å². The first-order valence-corrected chi connectivity index (χ1v) is 6.63. The van der Waals surface area contributed by atoms with Crippen molar-refractivity contribution in [2.45, 2.75) is 17.7 Å². The van der Waals surface area contributed by atoms with Gasteiger partial charge in [0.15, 0.2) is 0 Å². The number of nitrogens with one attached hydrogen (secondary N) is 1. The number of hydrogen-bond acceptors (Lipinski definition) is 3. The summed E-state index contributed by atoms with van der Waals surface area (Å²) in [6, 6.07) is 4.63. The highest BCUT2D eigenvalue weighted by atomic mass is 32.2. The van der Waals surface area contributed by atoms with Gasteiger partial charge in [0.1, 0.15) is 5.82 Å². The zero-order valence-electron chi connectivity index (χ0n) is 9.21. The van der Waals surface area contributed by atoms with Crippen LogP contribution in [0.15, 0.2) is 23.1 Å². The zero-order chi connectivity index (χ0) is 11.4. The molecule has 1 aliphatic heterocycles. The van der Waals surface area contributed by atoms with E-state index >= 15 is 0 Å². The van der Waals surface area contributed by atoms with Crippen molar-refractivity contribution in [2.24, 2.45) is 5.92 Å². The Hall–Kier alpha value is -0.740. The van der Waals surface area contributed by atoms with E-state index in [-0.39, 0.29) is 5.82 Å². The Morgan fingerprint density at radius 1 is 1.50 bits per heavy atom. The third-order valence-corrected chi connectivity index (χ3v) is 4.17. The Labute approximate surface area is 99.8 Å². The van der Waals surface area contributed by atoms with Crippen molar-refractivity contribution >= 4 is 17.4 Å². The number of rotatable bonds is 3. The number of benzene rings is 1. The highest BCUT2D eigenvalue weighted by Crippen LogP contribution is 2.28. The van der Waals surface area contributed by atoms with E-state index in [1.165, 1.54) is 25.0 Å². The molecule has 2 nitrogen and oxygen atoms in total. The van der Waals surface area contributed by atoms with E-state index in [1.54, 1.807) is 17.8 Å². The number of hydrogen-bond donors (Lipinski definition) is 2. The van der Waals surface area contributed by atoms with Gasteiger partial charge in [-0.15, -0.1) is 11.8 Å². The molecule has 1 unspecified atom stereocenters. The molecule has 1 aromatic rings. The highest BCUT2D eigenvalue weighted by molar-refractivity contribution is 7.99. The van der Waals surface area contributed by atoms with Crippen LogP contribution < -0.4 is 11.1 Å². The van der Waals surface area contributed by atoms with E-state index in [1.807, 2.05) is 0 Å². The molecule has 4 heteroatoms. The van der Waals surface area contributed by atoms with Crippen molar-refractivity contribution in [1.29, 1.82) is 0 Å². The molecule has 0 spiro atoms. The summed E-state index contributed by atoms with van der Waals surface area (Å²) in [4.78, 5) is 0.993. The predicted octanol–water partition coefficient (Wildman–Crippen LogP) is 2.50. The fourth-order valence-corrected chi connectivity index (χ4v) is 3.01. The summed E-state index contributed by atoms with van der Waals surface area (Å²) in [6.45, 7) is 2.23. The Balaban J connectivity index is 1.88. The van der Waals surface area contributed by atoms with Crippen LogP contribution in [-0.4, -0.2) is 18.8 Å². The second-order valence-electron chi connectivity index (χ2n) is 4.21. The van der Waals surface area contributed by atoms with Crippen molar-refractivity contribution in [3.63, 3.8) is 0 Å². The molecule has 2 rings (SSSR count). The van der Waals surface area contributed by atoms with Gasteiger partial charge in [0, 0.05) is 16.3 Å². The van der Waals surface area contributed by atoms with Crippen LogP contribution in [0.5, 0.6) is 0 Å². The minimum absolute atomic E-state index is 0.263. The highest BCUT2D eigenvalue weighted by Gasteiger charge is 2.13. The van der Waals surface area contributed by atoms with E-state index in [0.717, 1.165) is 23.7 Å². The lowest BCUT2D eigenvalue weighted by Gasteiger charge is -2.22. The lowest BCUT2D eigenvalue weighted by atomic mass is 10.0. The minimum Gasteiger partial charge on any atom is -0.398 e. The van der Waals surface area contributed by atoms with Gasteiger partial charge < -0.3 is 11.1 Å². The van der Waals surface area contributed by atoms with Crippen LogP contribution in [0.3, 0.4) is 0 Å². The number of anilines is 1.